The Bertz CT molecular complexity index is 287. The van der Waals surface area contributed by atoms with Gasteiger partial charge in [0.05, 0.1) is 12.6 Å². The Morgan fingerprint density at radius 1 is 1.36 bits per heavy atom. The van der Waals surface area contributed by atoms with Crippen molar-refractivity contribution in [1.82, 2.24) is 5.32 Å². The number of nitrogens with two attached hydrogens (primary N) is 2. The number of benzene rings is 1. The molecule has 0 fully saturated rings. The predicted molar refractivity (Wildman–Crippen MR) is 55.3 cm³/mol. The fourth-order valence-corrected chi connectivity index (χ4v) is 1.10. The SMILES string of the molecule is NCC(N)NC(=O)Cc1ccccc1. The Labute approximate surface area is 83.3 Å². The smallest absolute Gasteiger partial charge is 0.225 e. The van der Waals surface area contributed by atoms with Gasteiger partial charge in [-0.2, -0.15) is 0 Å². The van der Waals surface area contributed by atoms with Crippen molar-refractivity contribution < 1.29 is 4.79 Å². The van der Waals surface area contributed by atoms with Gasteiger partial charge in [0.2, 0.25) is 5.91 Å². The van der Waals surface area contributed by atoms with E-state index in [9.17, 15) is 4.79 Å². The molecule has 0 aliphatic heterocycles. The largest absolute Gasteiger partial charge is 0.339 e. The zero-order valence-corrected chi connectivity index (χ0v) is 7.94. The quantitative estimate of drug-likeness (QED) is 0.568. The van der Waals surface area contributed by atoms with Gasteiger partial charge in [-0.3, -0.25) is 4.79 Å². The summed E-state index contributed by atoms with van der Waals surface area (Å²) in [6.07, 6.45) is -0.111. The summed E-state index contributed by atoms with van der Waals surface area (Å²) in [5, 5.41) is 2.59. The van der Waals surface area contributed by atoms with Crippen LogP contribution in [0.2, 0.25) is 0 Å². The van der Waals surface area contributed by atoms with Gasteiger partial charge in [-0.1, -0.05) is 30.3 Å². The van der Waals surface area contributed by atoms with E-state index in [0.29, 0.717) is 6.42 Å². The van der Waals surface area contributed by atoms with E-state index in [4.69, 9.17) is 11.5 Å². The third-order valence-electron chi connectivity index (χ3n) is 1.81. The van der Waals surface area contributed by atoms with Crippen LogP contribution in [0.15, 0.2) is 30.3 Å². The van der Waals surface area contributed by atoms with E-state index in [1.165, 1.54) is 0 Å². The van der Waals surface area contributed by atoms with Gasteiger partial charge < -0.3 is 16.8 Å². The summed E-state index contributed by atoms with van der Waals surface area (Å²) < 4.78 is 0. The zero-order chi connectivity index (χ0) is 10.4. The molecule has 0 aliphatic carbocycles. The van der Waals surface area contributed by atoms with Crippen LogP contribution in [-0.2, 0) is 11.2 Å². The standard InChI is InChI=1S/C10H15N3O/c11-7-9(12)13-10(14)6-8-4-2-1-3-5-8/h1-5,9H,6-7,11-12H2,(H,13,14). The Kier molecular flexibility index (Phi) is 4.10. The first kappa shape index (κ1) is 10.7. The third kappa shape index (κ3) is 3.55. The summed E-state index contributed by atoms with van der Waals surface area (Å²) >= 11 is 0. The first-order valence-corrected chi connectivity index (χ1v) is 4.51. The second kappa shape index (κ2) is 5.36. The molecule has 1 rings (SSSR count). The molecule has 1 amide bonds. The highest BCUT2D eigenvalue weighted by molar-refractivity contribution is 5.78. The van der Waals surface area contributed by atoms with Crippen LogP contribution >= 0.6 is 0 Å². The van der Waals surface area contributed by atoms with Gasteiger partial charge >= 0.3 is 0 Å². The van der Waals surface area contributed by atoms with Gasteiger partial charge in [0, 0.05) is 6.54 Å². The Hall–Kier alpha value is -1.39. The average Bonchev–Trinajstić information content (AvgIpc) is 2.19. The molecule has 0 aromatic heterocycles. The number of hydrogen-bond donors (Lipinski definition) is 3. The van der Waals surface area contributed by atoms with Crippen LogP contribution < -0.4 is 16.8 Å². The molecule has 0 heterocycles. The molecule has 4 nitrogen and oxygen atoms in total. The van der Waals surface area contributed by atoms with Crippen molar-refractivity contribution in [3.8, 4) is 0 Å². The lowest BCUT2D eigenvalue weighted by atomic mass is 10.1. The van der Waals surface area contributed by atoms with Gasteiger partial charge in [0.25, 0.3) is 0 Å². The molecule has 14 heavy (non-hydrogen) atoms. The monoisotopic (exact) mass is 193 g/mol. The van der Waals surface area contributed by atoms with Crippen molar-refractivity contribution in [2.75, 3.05) is 6.54 Å². The fraction of sp³-hybridized carbons (Fsp3) is 0.300. The van der Waals surface area contributed by atoms with Crippen molar-refractivity contribution in [2.24, 2.45) is 11.5 Å². The van der Waals surface area contributed by atoms with E-state index < -0.39 is 6.17 Å². The minimum Gasteiger partial charge on any atom is -0.339 e. The maximum atomic E-state index is 11.3. The van der Waals surface area contributed by atoms with Crippen LogP contribution in [0.5, 0.6) is 0 Å². The molecule has 0 spiro atoms. The first-order chi connectivity index (χ1) is 6.72. The maximum absolute atomic E-state index is 11.3. The molecule has 76 valence electrons. The molecular formula is C10H15N3O. The summed E-state index contributed by atoms with van der Waals surface area (Å²) in [5.74, 6) is -0.103. The second-order valence-electron chi connectivity index (χ2n) is 3.07. The molecular weight excluding hydrogens is 178 g/mol. The van der Waals surface area contributed by atoms with Gasteiger partial charge in [0.15, 0.2) is 0 Å². The predicted octanol–water partition coefficient (Wildman–Crippen LogP) is -0.411. The van der Waals surface area contributed by atoms with E-state index in [1.54, 1.807) is 0 Å². The number of amides is 1. The lowest BCUT2D eigenvalue weighted by Gasteiger charge is -2.10. The van der Waals surface area contributed by atoms with Crippen molar-refractivity contribution in [3.63, 3.8) is 0 Å². The summed E-state index contributed by atoms with van der Waals surface area (Å²) in [6.45, 7) is 0.251. The molecule has 5 N–H and O–H groups in total. The van der Waals surface area contributed by atoms with Gasteiger partial charge in [-0.05, 0) is 5.56 Å². The topological polar surface area (TPSA) is 81.1 Å². The lowest BCUT2D eigenvalue weighted by molar-refractivity contribution is -0.121. The second-order valence-corrected chi connectivity index (χ2v) is 3.07. The molecule has 1 aromatic rings. The van der Waals surface area contributed by atoms with Crippen LogP contribution in [-0.4, -0.2) is 18.6 Å². The van der Waals surface area contributed by atoms with Crippen LogP contribution in [0.25, 0.3) is 0 Å². The van der Waals surface area contributed by atoms with E-state index in [1.807, 2.05) is 30.3 Å². The van der Waals surface area contributed by atoms with Crippen molar-refractivity contribution >= 4 is 5.91 Å². The molecule has 0 radical (unpaired) electrons. The molecule has 0 saturated carbocycles. The Morgan fingerprint density at radius 2 is 2.00 bits per heavy atom. The fourth-order valence-electron chi connectivity index (χ4n) is 1.10. The molecule has 1 atom stereocenters. The molecule has 0 saturated heterocycles. The van der Waals surface area contributed by atoms with Crippen molar-refractivity contribution in [2.45, 2.75) is 12.6 Å². The number of hydrogen-bond acceptors (Lipinski definition) is 3. The van der Waals surface area contributed by atoms with E-state index in [2.05, 4.69) is 5.32 Å². The van der Waals surface area contributed by atoms with Crippen molar-refractivity contribution in [1.29, 1.82) is 0 Å². The highest BCUT2D eigenvalue weighted by atomic mass is 16.1. The number of carbonyl (C=O) groups is 1. The summed E-state index contributed by atoms with van der Waals surface area (Å²) in [5.41, 5.74) is 11.7. The normalized spacial score (nSPS) is 12.1. The minimum absolute atomic E-state index is 0.103. The summed E-state index contributed by atoms with van der Waals surface area (Å²) in [7, 11) is 0. The lowest BCUT2D eigenvalue weighted by Crippen LogP contribution is -2.47. The van der Waals surface area contributed by atoms with Crippen LogP contribution in [0.4, 0.5) is 0 Å². The van der Waals surface area contributed by atoms with Gasteiger partial charge in [0.1, 0.15) is 0 Å². The summed E-state index contributed by atoms with van der Waals surface area (Å²) in [4.78, 5) is 11.3. The molecule has 4 heteroatoms. The Morgan fingerprint density at radius 3 is 2.57 bits per heavy atom. The zero-order valence-electron chi connectivity index (χ0n) is 7.94. The summed E-state index contributed by atoms with van der Waals surface area (Å²) in [6, 6.07) is 9.49. The van der Waals surface area contributed by atoms with Gasteiger partial charge in [-0.25, -0.2) is 0 Å². The van der Waals surface area contributed by atoms with E-state index in [-0.39, 0.29) is 12.5 Å². The van der Waals surface area contributed by atoms with Crippen LogP contribution in [0, 0.1) is 0 Å². The minimum atomic E-state index is -0.453. The van der Waals surface area contributed by atoms with Gasteiger partial charge in [-0.15, -0.1) is 0 Å². The Balaban J connectivity index is 2.42. The highest BCUT2D eigenvalue weighted by Gasteiger charge is 2.05. The molecule has 1 aromatic carbocycles. The maximum Gasteiger partial charge on any atom is 0.225 e. The number of rotatable bonds is 4. The third-order valence-corrected chi connectivity index (χ3v) is 1.81. The highest BCUT2D eigenvalue weighted by Crippen LogP contribution is 1.98. The molecule has 0 aliphatic rings. The van der Waals surface area contributed by atoms with Crippen LogP contribution in [0.1, 0.15) is 5.56 Å². The molecule has 1 unspecified atom stereocenters. The number of nitrogens with one attached hydrogen (secondary N) is 1. The first-order valence-electron chi connectivity index (χ1n) is 4.51. The number of carbonyl (C=O) groups excluding carboxylic acids is 1. The van der Waals surface area contributed by atoms with Crippen molar-refractivity contribution in [3.05, 3.63) is 35.9 Å². The van der Waals surface area contributed by atoms with E-state index >= 15 is 0 Å². The average molecular weight is 193 g/mol. The molecule has 0 bridgehead atoms. The van der Waals surface area contributed by atoms with Crippen LogP contribution in [0.3, 0.4) is 0 Å². The van der Waals surface area contributed by atoms with E-state index in [0.717, 1.165) is 5.56 Å².